The van der Waals surface area contributed by atoms with E-state index in [2.05, 4.69) is 21.8 Å². The molecule has 1 heterocycles. The van der Waals surface area contributed by atoms with Crippen LogP contribution in [0.4, 0.5) is 0 Å². The van der Waals surface area contributed by atoms with Crippen LogP contribution in [0.3, 0.4) is 0 Å². The number of nitrogens with zero attached hydrogens (tertiary/aromatic N) is 5. The van der Waals surface area contributed by atoms with Gasteiger partial charge < -0.3 is 5.32 Å². The van der Waals surface area contributed by atoms with Crippen LogP contribution in [0, 0.1) is 18.6 Å². The number of nitrogens with one attached hydrogen (secondary N) is 1. The van der Waals surface area contributed by atoms with E-state index in [9.17, 15) is 4.79 Å². The number of benzene rings is 1. The van der Waals surface area contributed by atoms with Gasteiger partial charge in [0.05, 0.1) is 18.9 Å². The lowest BCUT2D eigenvalue weighted by molar-refractivity contribution is -0.122. The van der Waals surface area contributed by atoms with Crippen LogP contribution in [0.1, 0.15) is 24.0 Å². The van der Waals surface area contributed by atoms with Crippen molar-refractivity contribution in [2.24, 2.45) is 0 Å². The van der Waals surface area contributed by atoms with Crippen molar-refractivity contribution in [1.82, 2.24) is 30.0 Å². The Labute approximate surface area is 146 Å². The largest absolute Gasteiger partial charge is 0.352 e. The van der Waals surface area contributed by atoms with Gasteiger partial charge in [0.25, 0.3) is 0 Å². The smallest absolute Gasteiger partial charge is 0.234 e. The van der Waals surface area contributed by atoms with Crippen LogP contribution < -0.4 is 5.32 Å². The van der Waals surface area contributed by atoms with Crippen molar-refractivity contribution in [3.05, 3.63) is 34.1 Å². The van der Waals surface area contributed by atoms with Gasteiger partial charge in [0.15, 0.2) is 0 Å². The zero-order valence-corrected chi connectivity index (χ0v) is 15.0. The lowest BCUT2D eigenvalue weighted by Crippen LogP contribution is -2.37. The molecule has 0 saturated heterocycles. The van der Waals surface area contributed by atoms with E-state index in [1.165, 1.54) is 0 Å². The lowest BCUT2D eigenvalue weighted by Gasteiger charge is -2.15. The summed E-state index contributed by atoms with van der Waals surface area (Å²) in [7, 11) is 1.87. The fraction of sp³-hybridized carbons (Fsp3) is 0.500. The Bertz CT molecular complexity index is 787. The predicted octanol–water partition coefficient (Wildman–Crippen LogP) is 1.58. The molecule has 8 heteroatoms. The highest BCUT2D eigenvalue weighted by Gasteiger charge is 2.23. The number of rotatable bonds is 6. The van der Waals surface area contributed by atoms with Gasteiger partial charge in [0.1, 0.15) is 0 Å². The number of tetrazole rings is 1. The molecule has 0 unspecified atom stereocenters. The van der Waals surface area contributed by atoms with Crippen LogP contribution in [0.25, 0.3) is 5.69 Å². The molecule has 1 fully saturated rings. The molecule has 0 atom stereocenters. The fourth-order valence-electron chi connectivity index (χ4n) is 2.62. The first-order valence-corrected chi connectivity index (χ1v) is 8.42. The molecule has 0 aliphatic heterocycles. The average Bonchev–Trinajstić information content (AvgIpc) is 3.21. The Morgan fingerprint density at radius 3 is 2.58 bits per heavy atom. The van der Waals surface area contributed by atoms with Crippen molar-refractivity contribution in [3.8, 4) is 5.69 Å². The first-order valence-electron chi connectivity index (χ1n) is 8.02. The molecule has 7 nitrogen and oxygen atoms in total. The van der Waals surface area contributed by atoms with Gasteiger partial charge >= 0.3 is 0 Å². The monoisotopic (exact) mass is 346 g/mol. The number of aromatic nitrogens is 4. The predicted molar refractivity (Wildman–Crippen MR) is 93.5 cm³/mol. The number of hydrogen-bond acceptors (Lipinski definition) is 5. The zero-order valence-electron chi connectivity index (χ0n) is 14.2. The van der Waals surface area contributed by atoms with Gasteiger partial charge in [0.2, 0.25) is 10.7 Å². The third-order valence-corrected chi connectivity index (χ3v) is 4.21. The van der Waals surface area contributed by atoms with E-state index in [1.807, 2.05) is 37.9 Å². The number of amides is 1. The molecule has 0 radical (unpaired) electrons. The van der Waals surface area contributed by atoms with E-state index in [0.717, 1.165) is 29.7 Å². The molecule has 1 aromatic carbocycles. The topological polar surface area (TPSA) is 68.0 Å². The third kappa shape index (κ3) is 4.07. The minimum absolute atomic E-state index is 0.0354. The van der Waals surface area contributed by atoms with Crippen molar-refractivity contribution in [2.75, 3.05) is 13.6 Å². The van der Waals surface area contributed by atoms with Gasteiger partial charge in [-0.1, -0.05) is 6.07 Å². The van der Waals surface area contributed by atoms with Crippen LogP contribution in [-0.4, -0.2) is 50.2 Å². The van der Waals surface area contributed by atoms with Crippen LogP contribution in [-0.2, 0) is 11.5 Å². The maximum Gasteiger partial charge on any atom is 0.234 e. The molecule has 128 valence electrons. The molecular formula is C16H22N6OS. The highest BCUT2D eigenvalue weighted by atomic mass is 32.1. The van der Waals surface area contributed by atoms with Crippen molar-refractivity contribution >= 4 is 18.1 Å². The molecule has 0 bridgehead atoms. The van der Waals surface area contributed by atoms with Crippen molar-refractivity contribution in [2.45, 2.75) is 39.4 Å². The minimum Gasteiger partial charge on any atom is -0.352 e. The normalized spacial score (nSPS) is 14.2. The van der Waals surface area contributed by atoms with E-state index in [4.69, 9.17) is 12.2 Å². The Balaban J connectivity index is 1.70. The Hall–Kier alpha value is -2.06. The van der Waals surface area contributed by atoms with Crippen LogP contribution in [0.5, 0.6) is 0 Å². The van der Waals surface area contributed by atoms with Gasteiger partial charge in [-0.15, -0.1) is 0 Å². The molecular weight excluding hydrogens is 324 g/mol. The molecule has 1 amide bonds. The Morgan fingerprint density at radius 1 is 1.29 bits per heavy atom. The first kappa shape index (κ1) is 16.8. The molecule has 1 N–H and O–H groups in total. The summed E-state index contributed by atoms with van der Waals surface area (Å²) in [5.74, 6) is 0.0354. The maximum atomic E-state index is 11.9. The summed E-state index contributed by atoms with van der Waals surface area (Å²) in [6, 6.07) is 6.52. The number of hydrogen-bond donors (Lipinski definition) is 1. The second-order valence-corrected chi connectivity index (χ2v) is 6.88. The second kappa shape index (κ2) is 6.82. The second-order valence-electron chi connectivity index (χ2n) is 6.52. The molecule has 24 heavy (non-hydrogen) atoms. The highest BCUT2D eigenvalue weighted by Crippen LogP contribution is 2.18. The van der Waals surface area contributed by atoms with Gasteiger partial charge in [-0.05, 0) is 79.6 Å². The molecule has 2 aromatic rings. The SMILES string of the molecule is Cc1cc(C)cc(-n2nnn(CN(C)CC(=O)NC3CC3)c2=S)c1. The Kier molecular flexibility index (Phi) is 4.77. The standard InChI is InChI=1S/C16H22N6OS/c1-11-6-12(2)8-14(7-11)22-16(24)21(18-19-22)10-20(3)9-15(23)17-13-4-5-13/h6-8,13H,4-5,9-10H2,1-3H3,(H,17,23). The number of carbonyl (C=O) groups excluding carboxylic acids is 1. The van der Waals surface area contributed by atoms with Crippen LogP contribution in [0.15, 0.2) is 18.2 Å². The van der Waals surface area contributed by atoms with E-state index < -0.39 is 0 Å². The zero-order chi connectivity index (χ0) is 17.3. The van der Waals surface area contributed by atoms with Crippen LogP contribution >= 0.6 is 12.2 Å². The summed E-state index contributed by atoms with van der Waals surface area (Å²) in [4.78, 5) is 13.7. The highest BCUT2D eigenvalue weighted by molar-refractivity contribution is 7.71. The molecule has 3 rings (SSSR count). The third-order valence-electron chi connectivity index (χ3n) is 3.82. The van der Waals surface area contributed by atoms with Gasteiger partial charge in [-0.25, -0.2) is 4.68 Å². The van der Waals surface area contributed by atoms with E-state index in [-0.39, 0.29) is 5.91 Å². The van der Waals surface area contributed by atoms with Gasteiger partial charge in [-0.2, -0.15) is 4.68 Å². The van der Waals surface area contributed by atoms with Crippen LogP contribution in [0.2, 0.25) is 0 Å². The van der Waals surface area contributed by atoms with Gasteiger partial charge in [0, 0.05) is 6.04 Å². The molecule has 1 aromatic heterocycles. The quantitative estimate of drug-likeness (QED) is 0.805. The first-order chi connectivity index (χ1) is 11.4. The molecule has 0 spiro atoms. The molecule has 1 saturated carbocycles. The van der Waals surface area contributed by atoms with E-state index in [1.54, 1.807) is 9.36 Å². The number of likely N-dealkylation sites (N-methyl/N-ethyl adjacent to an activating group) is 1. The maximum absolute atomic E-state index is 11.9. The summed E-state index contributed by atoms with van der Waals surface area (Å²) in [5.41, 5.74) is 3.20. The molecule has 1 aliphatic carbocycles. The summed E-state index contributed by atoms with van der Waals surface area (Å²) < 4.78 is 3.78. The molecule has 1 aliphatic rings. The average molecular weight is 346 g/mol. The number of carbonyl (C=O) groups is 1. The number of aryl methyl sites for hydroxylation is 2. The minimum atomic E-state index is 0.0354. The lowest BCUT2D eigenvalue weighted by atomic mass is 10.1. The summed E-state index contributed by atoms with van der Waals surface area (Å²) in [5, 5.41) is 11.3. The van der Waals surface area contributed by atoms with Crippen molar-refractivity contribution in [1.29, 1.82) is 0 Å². The summed E-state index contributed by atoms with van der Waals surface area (Å²) >= 11 is 5.48. The van der Waals surface area contributed by atoms with Gasteiger partial charge in [-0.3, -0.25) is 9.69 Å². The van der Waals surface area contributed by atoms with Crippen molar-refractivity contribution in [3.63, 3.8) is 0 Å². The summed E-state index contributed by atoms with van der Waals surface area (Å²) in [6.45, 7) is 4.81. The van der Waals surface area contributed by atoms with Crippen molar-refractivity contribution < 1.29 is 4.79 Å². The summed E-state index contributed by atoms with van der Waals surface area (Å²) in [6.07, 6.45) is 2.18. The van der Waals surface area contributed by atoms with E-state index in [0.29, 0.717) is 24.0 Å². The van der Waals surface area contributed by atoms with E-state index >= 15 is 0 Å². The fourth-order valence-corrected chi connectivity index (χ4v) is 2.86. The Morgan fingerprint density at radius 2 is 1.96 bits per heavy atom.